The number of aliphatic hydroxyl groups is 1. The molecule has 0 aliphatic heterocycles. The first-order valence-electron chi connectivity index (χ1n) is 9.91. The maximum Gasteiger partial charge on any atom is 0.240 e. The third-order valence-corrected chi connectivity index (χ3v) is 7.68. The molecule has 10 nitrogen and oxygen atoms in total. The third-order valence-electron chi connectivity index (χ3n) is 5.79. The lowest BCUT2D eigenvalue weighted by molar-refractivity contribution is 0.0950. The Morgan fingerprint density at radius 1 is 1.30 bits per heavy atom. The highest BCUT2D eigenvalue weighted by atomic mass is 35.5. The Kier molecular flexibility index (Phi) is 5.97. The van der Waals surface area contributed by atoms with E-state index in [2.05, 4.69) is 24.9 Å². The molecule has 0 aromatic carbocycles. The predicted molar refractivity (Wildman–Crippen MR) is 110 cm³/mol. The number of methoxy groups -OCH3 is 1. The molecule has 2 fully saturated rings. The lowest BCUT2D eigenvalue weighted by Gasteiger charge is -2.33. The second kappa shape index (κ2) is 8.37. The van der Waals surface area contributed by atoms with E-state index in [9.17, 15) is 13.5 Å². The number of aromatic nitrogens is 5. The van der Waals surface area contributed by atoms with Gasteiger partial charge in [0.2, 0.25) is 16.0 Å². The zero-order valence-electron chi connectivity index (χ0n) is 16.8. The highest BCUT2D eigenvalue weighted by molar-refractivity contribution is 7.93. The summed E-state index contributed by atoms with van der Waals surface area (Å²) in [4.78, 5) is 8.19. The zero-order valence-corrected chi connectivity index (χ0v) is 18.3. The Balaban J connectivity index is 1.55. The molecule has 30 heavy (non-hydrogen) atoms. The van der Waals surface area contributed by atoms with Gasteiger partial charge in [-0.05, 0) is 38.5 Å². The summed E-state index contributed by atoms with van der Waals surface area (Å²) < 4.78 is 36.1. The van der Waals surface area contributed by atoms with Crippen LogP contribution in [0.5, 0.6) is 0 Å². The molecule has 2 aliphatic rings. The zero-order chi connectivity index (χ0) is 21.5. The van der Waals surface area contributed by atoms with Crippen LogP contribution in [0.1, 0.15) is 62.3 Å². The Morgan fingerprint density at radius 3 is 2.53 bits per heavy atom. The van der Waals surface area contributed by atoms with Gasteiger partial charge < -0.3 is 9.84 Å². The first-order valence-corrected chi connectivity index (χ1v) is 11.8. The molecule has 2 aromatic rings. The van der Waals surface area contributed by atoms with E-state index in [-0.39, 0.29) is 36.3 Å². The molecule has 2 aromatic heterocycles. The minimum absolute atomic E-state index is 0.163. The van der Waals surface area contributed by atoms with Crippen molar-refractivity contribution < 1.29 is 18.3 Å². The minimum Gasteiger partial charge on any atom is -0.396 e. The highest BCUT2D eigenvalue weighted by Gasteiger charge is 2.40. The monoisotopic (exact) mass is 456 g/mol. The second-order valence-corrected chi connectivity index (χ2v) is 10.4. The van der Waals surface area contributed by atoms with Crippen LogP contribution in [-0.4, -0.2) is 57.2 Å². The number of hydrogen-bond acceptors (Lipinski definition) is 8. The van der Waals surface area contributed by atoms with E-state index in [1.54, 1.807) is 0 Å². The van der Waals surface area contributed by atoms with Crippen molar-refractivity contribution in [1.29, 1.82) is 0 Å². The molecule has 2 heterocycles. The smallest absolute Gasteiger partial charge is 0.240 e. The largest absolute Gasteiger partial charge is 0.396 e. The molecule has 12 heteroatoms. The molecule has 2 aliphatic carbocycles. The maximum absolute atomic E-state index is 13.1. The van der Waals surface area contributed by atoms with Crippen molar-refractivity contribution in [2.45, 2.75) is 55.9 Å². The number of halogens is 1. The van der Waals surface area contributed by atoms with Gasteiger partial charge in [0, 0.05) is 38.1 Å². The summed E-state index contributed by atoms with van der Waals surface area (Å²) in [5.74, 6) is 1.71. The summed E-state index contributed by atoms with van der Waals surface area (Å²) in [7, 11) is -2.47. The lowest BCUT2D eigenvalue weighted by Crippen LogP contribution is -2.33. The lowest BCUT2D eigenvalue weighted by atomic mass is 9.75. The normalized spacial score (nSPS) is 23.6. The van der Waals surface area contributed by atoms with E-state index < -0.39 is 21.4 Å². The topological polar surface area (TPSA) is 132 Å². The summed E-state index contributed by atoms with van der Waals surface area (Å²) >= 11 is 5.82. The Hall–Kier alpha value is -1.82. The second-order valence-electron chi connectivity index (χ2n) is 7.97. The van der Waals surface area contributed by atoms with Crippen molar-refractivity contribution in [3.8, 4) is 0 Å². The van der Waals surface area contributed by atoms with Gasteiger partial charge in [0.1, 0.15) is 17.2 Å². The van der Waals surface area contributed by atoms with Crippen LogP contribution < -0.4 is 4.72 Å². The van der Waals surface area contributed by atoms with Crippen LogP contribution in [0.2, 0.25) is 5.02 Å². The first kappa shape index (κ1) is 21.4. The molecule has 0 spiro atoms. The van der Waals surface area contributed by atoms with Gasteiger partial charge in [-0.1, -0.05) is 11.6 Å². The van der Waals surface area contributed by atoms with Gasteiger partial charge in [-0.15, -0.1) is 10.2 Å². The molecule has 0 bridgehead atoms. The molecule has 164 valence electrons. The molecule has 0 radical (unpaired) electrons. The van der Waals surface area contributed by atoms with Crippen LogP contribution in [0, 0.1) is 5.92 Å². The molecular formula is C18H25ClN6O4S. The minimum atomic E-state index is -3.88. The molecule has 2 N–H and O–H groups in total. The number of nitrogens with one attached hydrogen (secondary N) is 1. The van der Waals surface area contributed by atoms with E-state index in [1.807, 2.05) is 4.57 Å². The van der Waals surface area contributed by atoms with E-state index in [0.29, 0.717) is 5.02 Å². The molecule has 2 saturated carbocycles. The molecule has 0 unspecified atom stereocenters. The predicted octanol–water partition coefficient (Wildman–Crippen LogP) is 2.06. The Labute approximate surface area is 180 Å². The van der Waals surface area contributed by atoms with Crippen molar-refractivity contribution in [2.24, 2.45) is 5.92 Å². The summed E-state index contributed by atoms with van der Waals surface area (Å²) in [6.07, 6.45) is 5.52. The summed E-state index contributed by atoms with van der Waals surface area (Å²) in [5.41, 5.74) is 0. The number of sulfonamides is 1. The van der Waals surface area contributed by atoms with Gasteiger partial charge >= 0.3 is 0 Å². The number of nitrogens with zero attached hydrogens (tertiary/aromatic N) is 5. The fourth-order valence-electron chi connectivity index (χ4n) is 3.80. The number of anilines is 1. The van der Waals surface area contributed by atoms with Crippen molar-refractivity contribution in [3.05, 3.63) is 29.1 Å². The number of hydrogen-bond donors (Lipinski definition) is 2. The van der Waals surface area contributed by atoms with Gasteiger partial charge in [-0.2, -0.15) is 0 Å². The fourth-order valence-corrected chi connectivity index (χ4v) is 5.03. The SMILES string of the molecule is CO[C@H](c1ncc(Cl)cn1)[C@H](C)S(=O)(=O)Nc1nnc([C@H]2C[C@@H](CO)C2)n1C1CC1. The summed E-state index contributed by atoms with van der Waals surface area (Å²) in [6.45, 7) is 1.70. The Morgan fingerprint density at radius 2 is 1.97 bits per heavy atom. The molecule has 0 amide bonds. The summed E-state index contributed by atoms with van der Waals surface area (Å²) in [5, 5.41) is 17.1. The third kappa shape index (κ3) is 4.16. The van der Waals surface area contributed by atoms with Crippen LogP contribution in [-0.2, 0) is 14.8 Å². The van der Waals surface area contributed by atoms with E-state index in [1.165, 1.54) is 26.4 Å². The van der Waals surface area contributed by atoms with Crippen LogP contribution in [0.25, 0.3) is 0 Å². The van der Waals surface area contributed by atoms with Crippen molar-refractivity contribution in [2.75, 3.05) is 18.4 Å². The Bertz CT molecular complexity index is 989. The standard InChI is InChI=1S/C18H25ClN6O4S/c1-10(15(29-2)16-20-7-13(19)8-21-16)30(27,28)24-18-23-22-17(25(18)14-3-4-14)12-5-11(6-12)9-26/h7-8,10-12,14-15,26H,3-6,9H2,1-2H3,(H,23,24)/t10-,11-,12+,15-/m0/s1. The molecule has 4 rings (SSSR count). The number of ether oxygens (including phenoxy) is 1. The average Bonchev–Trinajstić information content (AvgIpc) is 3.44. The van der Waals surface area contributed by atoms with Gasteiger partial charge in [0.15, 0.2) is 5.82 Å². The van der Waals surface area contributed by atoms with Crippen molar-refractivity contribution in [3.63, 3.8) is 0 Å². The van der Waals surface area contributed by atoms with Crippen LogP contribution in [0.4, 0.5) is 5.95 Å². The molecule has 2 atom stereocenters. The van der Waals surface area contributed by atoms with E-state index >= 15 is 0 Å². The number of rotatable bonds is 9. The molecular weight excluding hydrogens is 432 g/mol. The van der Waals surface area contributed by atoms with Gasteiger partial charge in [-0.3, -0.25) is 9.29 Å². The maximum atomic E-state index is 13.1. The average molecular weight is 457 g/mol. The van der Waals surface area contributed by atoms with Crippen molar-refractivity contribution in [1.82, 2.24) is 24.7 Å². The van der Waals surface area contributed by atoms with Gasteiger partial charge in [-0.25, -0.2) is 18.4 Å². The van der Waals surface area contributed by atoms with Crippen LogP contribution in [0.15, 0.2) is 12.4 Å². The van der Waals surface area contributed by atoms with Gasteiger partial charge in [0.05, 0.1) is 5.02 Å². The van der Waals surface area contributed by atoms with Crippen LogP contribution >= 0.6 is 11.6 Å². The van der Waals surface area contributed by atoms with E-state index in [4.69, 9.17) is 16.3 Å². The summed E-state index contributed by atoms with van der Waals surface area (Å²) in [6, 6.07) is 0.203. The fraction of sp³-hybridized carbons (Fsp3) is 0.667. The van der Waals surface area contributed by atoms with E-state index in [0.717, 1.165) is 31.5 Å². The quantitative estimate of drug-likeness (QED) is 0.585. The van der Waals surface area contributed by atoms with Crippen LogP contribution in [0.3, 0.4) is 0 Å². The van der Waals surface area contributed by atoms with Crippen molar-refractivity contribution >= 4 is 27.6 Å². The molecule has 0 saturated heterocycles. The number of aliphatic hydroxyl groups excluding tert-OH is 1. The van der Waals surface area contributed by atoms with Gasteiger partial charge in [0.25, 0.3) is 0 Å². The highest BCUT2D eigenvalue weighted by Crippen LogP contribution is 2.46. The first-order chi connectivity index (χ1) is 14.3.